The number of aromatic amines is 1. The molecule has 0 spiro atoms. The lowest BCUT2D eigenvalue weighted by Gasteiger charge is -2.32. The van der Waals surface area contributed by atoms with Crippen molar-refractivity contribution in [1.29, 1.82) is 10.5 Å². The van der Waals surface area contributed by atoms with Crippen molar-refractivity contribution in [3.63, 3.8) is 0 Å². The molecule has 5 nitrogen and oxygen atoms in total. The second kappa shape index (κ2) is 7.26. The fourth-order valence-corrected chi connectivity index (χ4v) is 3.36. The summed E-state index contributed by atoms with van der Waals surface area (Å²) < 4.78 is 0. The van der Waals surface area contributed by atoms with Crippen LogP contribution in [0.5, 0.6) is 0 Å². The summed E-state index contributed by atoms with van der Waals surface area (Å²) in [7, 11) is 0. The predicted molar refractivity (Wildman–Crippen MR) is 88.5 cm³/mol. The first-order valence-electron chi connectivity index (χ1n) is 8.23. The molecule has 3 rings (SSSR count). The van der Waals surface area contributed by atoms with Crippen LogP contribution in [0.15, 0.2) is 24.3 Å². The highest BCUT2D eigenvalue weighted by molar-refractivity contribution is 5.74. The van der Waals surface area contributed by atoms with E-state index < -0.39 is 0 Å². The first-order chi connectivity index (χ1) is 11.3. The summed E-state index contributed by atoms with van der Waals surface area (Å²) in [5.74, 6) is 1.40. The second-order valence-electron chi connectivity index (χ2n) is 6.26. The van der Waals surface area contributed by atoms with Crippen molar-refractivity contribution in [3.05, 3.63) is 30.1 Å². The minimum Gasteiger partial charge on any atom is -0.342 e. The van der Waals surface area contributed by atoms with Crippen LogP contribution in [-0.4, -0.2) is 34.5 Å². The number of para-hydroxylation sites is 2. The van der Waals surface area contributed by atoms with Gasteiger partial charge in [-0.25, -0.2) is 4.98 Å². The minimum atomic E-state index is -0.0518. The number of aromatic nitrogens is 2. The van der Waals surface area contributed by atoms with Gasteiger partial charge in [0.1, 0.15) is 5.82 Å². The molecule has 0 amide bonds. The molecule has 5 heteroatoms. The van der Waals surface area contributed by atoms with Gasteiger partial charge in [-0.15, -0.1) is 0 Å². The average molecular weight is 307 g/mol. The third kappa shape index (κ3) is 3.70. The first-order valence-corrected chi connectivity index (χ1v) is 8.23. The van der Waals surface area contributed by atoms with Crippen molar-refractivity contribution in [2.75, 3.05) is 19.6 Å². The van der Waals surface area contributed by atoms with Gasteiger partial charge >= 0.3 is 0 Å². The molecule has 0 aliphatic carbocycles. The van der Waals surface area contributed by atoms with Gasteiger partial charge in [0.05, 0.1) is 29.1 Å². The fourth-order valence-electron chi connectivity index (χ4n) is 3.36. The van der Waals surface area contributed by atoms with Gasteiger partial charge in [0.15, 0.2) is 0 Å². The zero-order chi connectivity index (χ0) is 16.1. The Labute approximate surface area is 136 Å². The zero-order valence-corrected chi connectivity index (χ0v) is 13.2. The summed E-state index contributed by atoms with van der Waals surface area (Å²) in [6.45, 7) is 2.72. The normalized spacial score (nSPS) is 20.0. The fraction of sp³-hybridized carbons (Fsp3) is 0.500. The number of imidazole rings is 1. The quantitative estimate of drug-likeness (QED) is 0.920. The molecule has 1 aromatic heterocycles. The van der Waals surface area contributed by atoms with E-state index in [4.69, 9.17) is 10.2 Å². The van der Waals surface area contributed by atoms with Gasteiger partial charge in [-0.3, -0.25) is 0 Å². The van der Waals surface area contributed by atoms with Gasteiger partial charge in [0.2, 0.25) is 0 Å². The maximum atomic E-state index is 9.26. The molecule has 0 saturated carbocycles. The molecule has 23 heavy (non-hydrogen) atoms. The number of nitriles is 2. The topological polar surface area (TPSA) is 79.5 Å². The molecular weight excluding hydrogens is 286 g/mol. The Morgan fingerprint density at radius 1 is 1.35 bits per heavy atom. The van der Waals surface area contributed by atoms with E-state index in [1.165, 1.54) is 0 Å². The number of rotatable bonds is 5. The van der Waals surface area contributed by atoms with Crippen LogP contribution >= 0.6 is 0 Å². The molecule has 118 valence electrons. The number of H-pyrrole nitrogens is 1. The largest absolute Gasteiger partial charge is 0.342 e. The molecule has 0 unspecified atom stereocenters. The summed E-state index contributed by atoms with van der Waals surface area (Å²) in [5, 5.41) is 17.9. The SMILES string of the molecule is N#CCC[C@H](C#N)CN1CCC[C@H](c2nc3ccccc3[nH]2)C1. The van der Waals surface area contributed by atoms with E-state index in [0.717, 1.165) is 49.3 Å². The van der Waals surface area contributed by atoms with Gasteiger partial charge in [-0.2, -0.15) is 10.5 Å². The number of benzene rings is 1. The van der Waals surface area contributed by atoms with Crippen LogP contribution in [0, 0.1) is 28.6 Å². The Bertz CT molecular complexity index is 703. The van der Waals surface area contributed by atoms with Crippen molar-refractivity contribution in [1.82, 2.24) is 14.9 Å². The number of piperidine rings is 1. The highest BCUT2D eigenvalue weighted by Gasteiger charge is 2.25. The molecule has 2 atom stereocenters. The van der Waals surface area contributed by atoms with Crippen LogP contribution < -0.4 is 0 Å². The standard InChI is InChI=1S/C18H21N5/c19-9-3-5-14(11-20)12-23-10-4-6-15(13-23)18-21-16-7-1-2-8-17(16)22-18/h1-2,7-8,14-15H,3-6,10,12-13H2,(H,21,22)/t14-,15+/m1/s1. The maximum absolute atomic E-state index is 9.26. The summed E-state index contributed by atoms with van der Waals surface area (Å²) in [6, 6.07) is 12.6. The molecule has 1 aliphatic rings. The first kappa shape index (κ1) is 15.5. The van der Waals surface area contributed by atoms with Crippen molar-refractivity contribution >= 4 is 11.0 Å². The number of hydrogen-bond acceptors (Lipinski definition) is 4. The van der Waals surface area contributed by atoms with E-state index in [9.17, 15) is 5.26 Å². The Morgan fingerprint density at radius 3 is 3.00 bits per heavy atom. The molecule has 1 aromatic carbocycles. The predicted octanol–water partition coefficient (Wildman–Crippen LogP) is 3.19. The van der Waals surface area contributed by atoms with Gasteiger partial charge in [0.25, 0.3) is 0 Å². The summed E-state index contributed by atoms with van der Waals surface area (Å²) in [6.07, 6.45) is 3.38. The van der Waals surface area contributed by atoms with Crippen LogP contribution in [0.3, 0.4) is 0 Å². The van der Waals surface area contributed by atoms with E-state index in [1.54, 1.807) is 0 Å². The molecule has 0 radical (unpaired) electrons. The molecule has 1 fully saturated rings. The maximum Gasteiger partial charge on any atom is 0.111 e. The molecule has 0 bridgehead atoms. The lowest BCUT2D eigenvalue weighted by atomic mass is 9.95. The van der Waals surface area contributed by atoms with Gasteiger partial charge in [-0.05, 0) is 37.9 Å². The highest BCUT2D eigenvalue weighted by atomic mass is 15.1. The Balaban J connectivity index is 1.66. The second-order valence-corrected chi connectivity index (χ2v) is 6.26. The molecule has 2 heterocycles. The van der Waals surface area contributed by atoms with Crippen molar-refractivity contribution in [3.8, 4) is 12.1 Å². The molecule has 1 N–H and O–H groups in total. The number of nitrogens with one attached hydrogen (secondary N) is 1. The summed E-state index contributed by atoms with van der Waals surface area (Å²) in [4.78, 5) is 10.5. The Morgan fingerprint density at radius 2 is 2.22 bits per heavy atom. The Kier molecular flexibility index (Phi) is 4.90. The molecule has 2 aromatic rings. The smallest absolute Gasteiger partial charge is 0.111 e. The monoisotopic (exact) mass is 307 g/mol. The molecule has 1 saturated heterocycles. The number of fused-ring (bicyclic) bond motifs is 1. The average Bonchev–Trinajstić information content (AvgIpc) is 3.03. The third-order valence-electron chi connectivity index (χ3n) is 4.57. The van der Waals surface area contributed by atoms with Crippen LogP contribution in [0.25, 0.3) is 11.0 Å². The van der Waals surface area contributed by atoms with Gasteiger partial charge in [-0.1, -0.05) is 12.1 Å². The number of hydrogen-bond donors (Lipinski definition) is 1. The number of nitrogens with zero attached hydrogens (tertiary/aromatic N) is 4. The summed E-state index contributed by atoms with van der Waals surface area (Å²) >= 11 is 0. The third-order valence-corrected chi connectivity index (χ3v) is 4.57. The zero-order valence-electron chi connectivity index (χ0n) is 13.2. The lowest BCUT2D eigenvalue weighted by Crippen LogP contribution is -2.37. The van der Waals surface area contributed by atoms with Crippen molar-refractivity contribution in [2.45, 2.75) is 31.6 Å². The van der Waals surface area contributed by atoms with E-state index in [0.29, 0.717) is 18.8 Å². The van der Waals surface area contributed by atoms with E-state index >= 15 is 0 Å². The highest BCUT2D eigenvalue weighted by Crippen LogP contribution is 2.27. The lowest BCUT2D eigenvalue weighted by molar-refractivity contribution is 0.187. The van der Waals surface area contributed by atoms with E-state index in [-0.39, 0.29) is 5.92 Å². The van der Waals surface area contributed by atoms with Crippen molar-refractivity contribution in [2.24, 2.45) is 5.92 Å². The molecule has 1 aliphatic heterocycles. The van der Waals surface area contributed by atoms with Crippen LogP contribution in [0.1, 0.15) is 37.4 Å². The van der Waals surface area contributed by atoms with Crippen LogP contribution in [0.4, 0.5) is 0 Å². The van der Waals surface area contributed by atoms with E-state index in [1.807, 2.05) is 18.2 Å². The van der Waals surface area contributed by atoms with E-state index in [2.05, 4.69) is 28.1 Å². The van der Waals surface area contributed by atoms with Gasteiger partial charge < -0.3 is 9.88 Å². The van der Waals surface area contributed by atoms with Crippen molar-refractivity contribution < 1.29 is 0 Å². The van der Waals surface area contributed by atoms with Gasteiger partial charge in [0, 0.05) is 25.4 Å². The molecular formula is C18H21N5. The Hall–Kier alpha value is -2.37. The number of likely N-dealkylation sites (tertiary alicyclic amines) is 1. The van der Waals surface area contributed by atoms with Crippen LogP contribution in [-0.2, 0) is 0 Å². The summed E-state index contributed by atoms with van der Waals surface area (Å²) in [5.41, 5.74) is 2.10. The van der Waals surface area contributed by atoms with Crippen LogP contribution in [0.2, 0.25) is 0 Å². The minimum absolute atomic E-state index is 0.0518.